The molecule has 4 nitrogen and oxygen atoms in total. The summed E-state index contributed by atoms with van der Waals surface area (Å²) in [4.78, 5) is 8.53. The molecule has 0 aliphatic carbocycles. The molecule has 2 aromatic heterocycles. The van der Waals surface area contributed by atoms with Crippen LogP contribution >= 0.6 is 12.4 Å². The zero-order valence-corrected chi connectivity index (χ0v) is 10.2. The zero-order valence-electron chi connectivity index (χ0n) is 9.39. The Morgan fingerprint density at radius 2 is 2.29 bits per heavy atom. The third kappa shape index (κ3) is 2.65. The smallest absolute Gasteiger partial charge is 0.159 e. The average Bonchev–Trinajstić information content (AvgIpc) is 2.82. The molecule has 0 bridgehead atoms. The zero-order chi connectivity index (χ0) is 10.8. The maximum atomic E-state index is 4.33. The maximum Gasteiger partial charge on any atom is 0.159 e. The topological polar surface area (TPSA) is 49.8 Å². The van der Waals surface area contributed by atoms with Gasteiger partial charge in [0.1, 0.15) is 0 Å². The fourth-order valence-electron chi connectivity index (χ4n) is 2.06. The Morgan fingerprint density at radius 3 is 3.12 bits per heavy atom. The molecule has 5 heteroatoms. The first-order chi connectivity index (χ1) is 7.92. The molecule has 3 rings (SSSR count). The van der Waals surface area contributed by atoms with Crippen LogP contribution in [0, 0.1) is 0 Å². The lowest BCUT2D eigenvalue weighted by Crippen LogP contribution is -2.22. The quantitative estimate of drug-likeness (QED) is 0.854. The molecule has 0 saturated carbocycles. The van der Waals surface area contributed by atoms with Crippen LogP contribution in [-0.2, 0) is 0 Å². The molecule has 1 atom stereocenters. The van der Waals surface area contributed by atoms with E-state index in [0.717, 1.165) is 29.8 Å². The molecule has 1 saturated heterocycles. The minimum atomic E-state index is 0. The van der Waals surface area contributed by atoms with Crippen molar-refractivity contribution in [1.29, 1.82) is 0 Å². The SMILES string of the molecule is Cl.c1cnc2ncc(NC3CCNC3)cc2c1. The van der Waals surface area contributed by atoms with Crippen molar-refractivity contribution in [3.05, 3.63) is 30.6 Å². The fourth-order valence-corrected chi connectivity index (χ4v) is 2.06. The van der Waals surface area contributed by atoms with E-state index < -0.39 is 0 Å². The van der Waals surface area contributed by atoms with Crippen molar-refractivity contribution in [2.75, 3.05) is 18.4 Å². The summed E-state index contributed by atoms with van der Waals surface area (Å²) >= 11 is 0. The van der Waals surface area contributed by atoms with Gasteiger partial charge in [-0.15, -0.1) is 12.4 Å². The van der Waals surface area contributed by atoms with Gasteiger partial charge in [0.2, 0.25) is 0 Å². The molecule has 2 aromatic rings. The molecular formula is C12H15ClN4. The Hall–Kier alpha value is -1.39. The van der Waals surface area contributed by atoms with Crippen LogP contribution in [0.3, 0.4) is 0 Å². The lowest BCUT2D eigenvalue weighted by molar-refractivity contribution is 0.793. The summed E-state index contributed by atoms with van der Waals surface area (Å²) in [5.41, 5.74) is 1.88. The van der Waals surface area contributed by atoms with E-state index in [1.165, 1.54) is 6.42 Å². The van der Waals surface area contributed by atoms with Crippen molar-refractivity contribution >= 4 is 29.1 Å². The number of rotatable bonds is 2. The summed E-state index contributed by atoms with van der Waals surface area (Å²) in [6.07, 6.45) is 4.79. The lowest BCUT2D eigenvalue weighted by atomic mass is 10.2. The van der Waals surface area contributed by atoms with E-state index in [1.807, 2.05) is 18.3 Å². The predicted molar refractivity (Wildman–Crippen MR) is 71.7 cm³/mol. The molecule has 1 unspecified atom stereocenters. The normalized spacial score (nSPS) is 18.9. The Labute approximate surface area is 106 Å². The summed E-state index contributed by atoms with van der Waals surface area (Å²) in [5, 5.41) is 7.90. The molecule has 17 heavy (non-hydrogen) atoms. The highest BCUT2D eigenvalue weighted by Gasteiger charge is 2.13. The van der Waals surface area contributed by atoms with Gasteiger partial charge in [0, 0.05) is 24.2 Å². The van der Waals surface area contributed by atoms with E-state index in [-0.39, 0.29) is 12.4 Å². The second-order valence-corrected chi connectivity index (χ2v) is 4.11. The highest BCUT2D eigenvalue weighted by molar-refractivity contribution is 5.85. The Morgan fingerprint density at radius 1 is 1.35 bits per heavy atom. The van der Waals surface area contributed by atoms with Crippen molar-refractivity contribution in [3.63, 3.8) is 0 Å². The number of nitrogens with zero attached hydrogens (tertiary/aromatic N) is 2. The standard InChI is InChI=1S/C12H14N4.ClH/c1-2-9-6-11(8-15-12(9)14-4-1)16-10-3-5-13-7-10;/h1-2,4,6,8,10,13,16H,3,5,7H2;1H. The Kier molecular flexibility index (Phi) is 3.76. The van der Waals surface area contributed by atoms with E-state index >= 15 is 0 Å². The second kappa shape index (κ2) is 5.29. The second-order valence-electron chi connectivity index (χ2n) is 4.11. The fraction of sp³-hybridized carbons (Fsp3) is 0.333. The number of halogens is 1. The highest BCUT2D eigenvalue weighted by Crippen LogP contribution is 2.16. The van der Waals surface area contributed by atoms with Gasteiger partial charge in [-0.05, 0) is 31.2 Å². The number of hydrogen-bond donors (Lipinski definition) is 2. The number of anilines is 1. The van der Waals surface area contributed by atoms with Crippen molar-refractivity contribution < 1.29 is 0 Å². The van der Waals surface area contributed by atoms with Crippen molar-refractivity contribution in [1.82, 2.24) is 15.3 Å². The molecule has 1 fully saturated rings. The minimum absolute atomic E-state index is 0. The van der Waals surface area contributed by atoms with Gasteiger partial charge in [-0.3, -0.25) is 0 Å². The van der Waals surface area contributed by atoms with Gasteiger partial charge >= 0.3 is 0 Å². The molecule has 90 valence electrons. The average molecular weight is 251 g/mol. The molecule has 0 aromatic carbocycles. The third-order valence-corrected chi connectivity index (χ3v) is 2.88. The third-order valence-electron chi connectivity index (χ3n) is 2.88. The van der Waals surface area contributed by atoms with Crippen molar-refractivity contribution in [2.24, 2.45) is 0 Å². The van der Waals surface area contributed by atoms with Crippen LogP contribution < -0.4 is 10.6 Å². The number of nitrogens with one attached hydrogen (secondary N) is 2. The number of pyridine rings is 2. The molecule has 0 radical (unpaired) electrons. The van der Waals surface area contributed by atoms with Gasteiger partial charge in [-0.25, -0.2) is 9.97 Å². The summed E-state index contributed by atoms with van der Waals surface area (Å²) in [7, 11) is 0. The van der Waals surface area contributed by atoms with Gasteiger partial charge < -0.3 is 10.6 Å². The predicted octanol–water partition coefficient (Wildman–Crippen LogP) is 1.83. The van der Waals surface area contributed by atoms with Crippen LogP contribution in [0.2, 0.25) is 0 Å². The first-order valence-electron chi connectivity index (χ1n) is 5.60. The van der Waals surface area contributed by atoms with Crippen LogP contribution in [0.15, 0.2) is 30.6 Å². The van der Waals surface area contributed by atoms with E-state index in [2.05, 4.69) is 26.7 Å². The summed E-state index contributed by atoms with van der Waals surface area (Å²) in [6.45, 7) is 2.13. The largest absolute Gasteiger partial charge is 0.380 e. The lowest BCUT2D eigenvalue weighted by Gasteiger charge is -2.12. The van der Waals surface area contributed by atoms with Crippen molar-refractivity contribution in [2.45, 2.75) is 12.5 Å². The van der Waals surface area contributed by atoms with Gasteiger partial charge in [-0.2, -0.15) is 0 Å². The van der Waals surface area contributed by atoms with Gasteiger partial charge in [0.25, 0.3) is 0 Å². The van der Waals surface area contributed by atoms with E-state index in [1.54, 1.807) is 6.20 Å². The summed E-state index contributed by atoms with van der Waals surface area (Å²) < 4.78 is 0. The number of hydrogen-bond acceptors (Lipinski definition) is 4. The van der Waals surface area contributed by atoms with Crippen molar-refractivity contribution in [3.8, 4) is 0 Å². The van der Waals surface area contributed by atoms with Crippen LogP contribution in [0.25, 0.3) is 11.0 Å². The van der Waals surface area contributed by atoms with Crippen LogP contribution in [0.1, 0.15) is 6.42 Å². The number of fused-ring (bicyclic) bond motifs is 1. The van der Waals surface area contributed by atoms with E-state index in [0.29, 0.717) is 6.04 Å². The van der Waals surface area contributed by atoms with Crippen LogP contribution in [0.4, 0.5) is 5.69 Å². The molecule has 1 aliphatic rings. The summed E-state index contributed by atoms with van der Waals surface area (Å²) in [6, 6.07) is 6.60. The molecular weight excluding hydrogens is 236 g/mol. The van der Waals surface area contributed by atoms with Crippen LogP contribution in [-0.4, -0.2) is 29.1 Å². The molecule has 1 aliphatic heterocycles. The van der Waals surface area contributed by atoms with Crippen LogP contribution in [0.5, 0.6) is 0 Å². The molecule has 0 spiro atoms. The van der Waals surface area contributed by atoms with Gasteiger partial charge in [0.15, 0.2) is 5.65 Å². The maximum absolute atomic E-state index is 4.33. The number of aromatic nitrogens is 2. The minimum Gasteiger partial charge on any atom is -0.380 e. The molecule has 0 amide bonds. The monoisotopic (exact) mass is 250 g/mol. The van der Waals surface area contributed by atoms with Gasteiger partial charge in [-0.1, -0.05) is 0 Å². The first-order valence-corrected chi connectivity index (χ1v) is 5.60. The van der Waals surface area contributed by atoms with E-state index in [4.69, 9.17) is 0 Å². The van der Waals surface area contributed by atoms with Gasteiger partial charge in [0.05, 0.1) is 11.9 Å². The molecule has 3 heterocycles. The Bertz CT molecular complexity index is 497. The molecule has 2 N–H and O–H groups in total. The van der Waals surface area contributed by atoms with E-state index in [9.17, 15) is 0 Å². The highest BCUT2D eigenvalue weighted by atomic mass is 35.5. The summed E-state index contributed by atoms with van der Waals surface area (Å²) in [5.74, 6) is 0. The Balaban J connectivity index is 0.00000108. The first kappa shape index (κ1) is 12.1.